The molecule has 1 fully saturated rings. The molecule has 1 saturated heterocycles. The fourth-order valence-electron chi connectivity index (χ4n) is 3.47. The van der Waals surface area contributed by atoms with E-state index in [-0.39, 0.29) is 5.91 Å². The van der Waals surface area contributed by atoms with Gasteiger partial charge in [-0.25, -0.2) is 0 Å². The van der Waals surface area contributed by atoms with Gasteiger partial charge in [-0.3, -0.25) is 4.79 Å². The first-order valence-electron chi connectivity index (χ1n) is 8.96. The predicted octanol–water partition coefficient (Wildman–Crippen LogP) is 3.38. The Balaban J connectivity index is 1.60. The van der Waals surface area contributed by atoms with Crippen LogP contribution in [0.1, 0.15) is 28.8 Å². The predicted molar refractivity (Wildman–Crippen MR) is 103 cm³/mol. The number of benzene rings is 2. The Labute approximate surface area is 154 Å². The number of ether oxygens (including phenoxy) is 2. The average molecular weight is 354 g/mol. The molecule has 0 aliphatic carbocycles. The highest BCUT2D eigenvalue weighted by atomic mass is 16.5. The van der Waals surface area contributed by atoms with E-state index in [1.54, 1.807) is 32.4 Å². The van der Waals surface area contributed by atoms with Gasteiger partial charge in [0.1, 0.15) is 11.5 Å². The number of piperidine rings is 1. The summed E-state index contributed by atoms with van der Waals surface area (Å²) in [5.74, 6) is 1.86. The van der Waals surface area contributed by atoms with Crippen molar-refractivity contribution in [2.24, 2.45) is 5.92 Å². The molecule has 1 amide bonds. The minimum atomic E-state index is 0.0236. The number of hydrogen-bond acceptors (Lipinski definition) is 4. The van der Waals surface area contributed by atoms with Gasteiger partial charge in [-0.15, -0.1) is 0 Å². The van der Waals surface area contributed by atoms with Gasteiger partial charge >= 0.3 is 0 Å². The minimum Gasteiger partial charge on any atom is -0.497 e. The molecule has 2 N–H and O–H groups in total. The summed E-state index contributed by atoms with van der Waals surface area (Å²) >= 11 is 0. The first-order chi connectivity index (χ1) is 12.6. The summed E-state index contributed by atoms with van der Waals surface area (Å²) in [7, 11) is 3.17. The summed E-state index contributed by atoms with van der Waals surface area (Å²) in [5, 5.41) is 0. The second-order valence-electron chi connectivity index (χ2n) is 6.75. The summed E-state index contributed by atoms with van der Waals surface area (Å²) in [4.78, 5) is 14.8. The maximum atomic E-state index is 12.9. The number of rotatable bonds is 5. The monoisotopic (exact) mass is 354 g/mol. The minimum absolute atomic E-state index is 0.0236. The number of nitrogens with two attached hydrogens (primary N) is 1. The third-order valence-electron chi connectivity index (χ3n) is 5.04. The number of hydrogen-bond donors (Lipinski definition) is 1. The topological polar surface area (TPSA) is 64.8 Å². The summed E-state index contributed by atoms with van der Waals surface area (Å²) in [6, 6.07) is 13.4. The number of nitrogens with zero attached hydrogens (tertiary/aromatic N) is 1. The Hall–Kier alpha value is -2.69. The van der Waals surface area contributed by atoms with Gasteiger partial charge in [-0.05, 0) is 55.0 Å². The standard InChI is InChI=1S/C21H26N2O3/c1-25-18-7-8-19(20(14-18)26-2)21(24)23-11-9-16(10-12-23)13-15-3-5-17(22)6-4-15/h3-8,14,16H,9-13,22H2,1-2H3. The molecule has 1 heterocycles. The first kappa shape index (κ1) is 18.1. The molecule has 5 nitrogen and oxygen atoms in total. The van der Waals surface area contributed by atoms with Crippen LogP contribution in [-0.2, 0) is 6.42 Å². The van der Waals surface area contributed by atoms with Crippen LogP contribution in [0.5, 0.6) is 11.5 Å². The van der Waals surface area contributed by atoms with Crippen LogP contribution in [0, 0.1) is 5.92 Å². The van der Waals surface area contributed by atoms with Crippen molar-refractivity contribution in [3.63, 3.8) is 0 Å². The van der Waals surface area contributed by atoms with Crippen molar-refractivity contribution in [2.45, 2.75) is 19.3 Å². The van der Waals surface area contributed by atoms with Crippen LogP contribution in [0.2, 0.25) is 0 Å². The Bertz CT molecular complexity index is 750. The van der Waals surface area contributed by atoms with E-state index >= 15 is 0 Å². The van der Waals surface area contributed by atoms with Gasteiger partial charge in [-0.1, -0.05) is 12.1 Å². The number of carbonyl (C=O) groups is 1. The SMILES string of the molecule is COc1ccc(C(=O)N2CCC(Cc3ccc(N)cc3)CC2)c(OC)c1. The van der Waals surface area contributed by atoms with Crippen LogP contribution in [0.25, 0.3) is 0 Å². The summed E-state index contributed by atoms with van der Waals surface area (Å²) in [6.07, 6.45) is 3.05. The highest BCUT2D eigenvalue weighted by molar-refractivity contribution is 5.97. The highest BCUT2D eigenvalue weighted by Gasteiger charge is 2.25. The number of carbonyl (C=O) groups excluding carboxylic acids is 1. The van der Waals surface area contributed by atoms with E-state index < -0.39 is 0 Å². The number of methoxy groups -OCH3 is 2. The number of nitrogen functional groups attached to an aromatic ring is 1. The van der Waals surface area contributed by atoms with Crippen LogP contribution >= 0.6 is 0 Å². The van der Waals surface area contributed by atoms with Crippen molar-refractivity contribution in [3.05, 3.63) is 53.6 Å². The molecule has 2 aromatic carbocycles. The van der Waals surface area contributed by atoms with Gasteiger partial charge in [0.15, 0.2) is 0 Å². The molecule has 0 radical (unpaired) electrons. The van der Waals surface area contributed by atoms with Gasteiger partial charge in [0.2, 0.25) is 0 Å². The average Bonchev–Trinajstić information content (AvgIpc) is 2.69. The van der Waals surface area contributed by atoms with Gasteiger partial charge in [0.25, 0.3) is 5.91 Å². The fourth-order valence-corrected chi connectivity index (χ4v) is 3.47. The van der Waals surface area contributed by atoms with Gasteiger partial charge < -0.3 is 20.1 Å². The lowest BCUT2D eigenvalue weighted by molar-refractivity contribution is 0.0687. The van der Waals surface area contributed by atoms with Crippen molar-refractivity contribution in [3.8, 4) is 11.5 Å². The van der Waals surface area contributed by atoms with Crippen molar-refractivity contribution in [1.82, 2.24) is 4.90 Å². The Morgan fingerprint density at radius 1 is 1.08 bits per heavy atom. The van der Waals surface area contributed by atoms with Crippen LogP contribution < -0.4 is 15.2 Å². The van der Waals surface area contributed by atoms with E-state index in [0.717, 1.165) is 38.0 Å². The normalized spacial score (nSPS) is 14.9. The zero-order chi connectivity index (χ0) is 18.5. The molecule has 3 rings (SSSR count). The quantitative estimate of drug-likeness (QED) is 0.836. The molecule has 0 unspecified atom stereocenters. The van der Waals surface area contributed by atoms with Crippen LogP contribution in [0.3, 0.4) is 0 Å². The Morgan fingerprint density at radius 3 is 2.38 bits per heavy atom. The van der Waals surface area contributed by atoms with E-state index in [1.807, 2.05) is 17.0 Å². The number of anilines is 1. The molecule has 0 spiro atoms. The number of amides is 1. The van der Waals surface area contributed by atoms with Crippen molar-refractivity contribution >= 4 is 11.6 Å². The van der Waals surface area contributed by atoms with Gasteiger partial charge in [0, 0.05) is 24.8 Å². The zero-order valence-corrected chi connectivity index (χ0v) is 15.4. The van der Waals surface area contributed by atoms with E-state index in [2.05, 4.69) is 12.1 Å². The van der Waals surface area contributed by atoms with Crippen molar-refractivity contribution in [1.29, 1.82) is 0 Å². The number of likely N-dealkylation sites (tertiary alicyclic amines) is 1. The summed E-state index contributed by atoms with van der Waals surface area (Å²) < 4.78 is 10.6. The molecule has 5 heteroatoms. The largest absolute Gasteiger partial charge is 0.497 e. The van der Waals surface area contributed by atoms with E-state index in [9.17, 15) is 4.79 Å². The second kappa shape index (κ2) is 8.13. The Kier molecular flexibility index (Phi) is 5.66. The lowest BCUT2D eigenvalue weighted by atomic mass is 9.90. The fraction of sp³-hybridized carbons (Fsp3) is 0.381. The lowest BCUT2D eigenvalue weighted by Crippen LogP contribution is -2.39. The van der Waals surface area contributed by atoms with Crippen LogP contribution in [0.4, 0.5) is 5.69 Å². The molecular formula is C21H26N2O3. The zero-order valence-electron chi connectivity index (χ0n) is 15.4. The van der Waals surface area contributed by atoms with E-state index in [0.29, 0.717) is 23.0 Å². The van der Waals surface area contributed by atoms with E-state index in [1.165, 1.54) is 5.56 Å². The molecule has 0 atom stereocenters. The molecule has 26 heavy (non-hydrogen) atoms. The summed E-state index contributed by atoms with van der Waals surface area (Å²) in [5.41, 5.74) is 8.43. The Morgan fingerprint density at radius 2 is 1.77 bits per heavy atom. The third-order valence-corrected chi connectivity index (χ3v) is 5.04. The molecule has 0 aromatic heterocycles. The smallest absolute Gasteiger partial charge is 0.257 e. The molecule has 2 aromatic rings. The third kappa shape index (κ3) is 4.10. The van der Waals surface area contributed by atoms with Gasteiger partial charge in [0.05, 0.1) is 19.8 Å². The summed E-state index contributed by atoms with van der Waals surface area (Å²) in [6.45, 7) is 1.54. The van der Waals surface area contributed by atoms with Crippen molar-refractivity contribution < 1.29 is 14.3 Å². The van der Waals surface area contributed by atoms with Crippen LogP contribution in [-0.4, -0.2) is 38.1 Å². The molecule has 0 saturated carbocycles. The molecular weight excluding hydrogens is 328 g/mol. The molecule has 1 aliphatic heterocycles. The van der Waals surface area contributed by atoms with Crippen LogP contribution in [0.15, 0.2) is 42.5 Å². The molecule has 0 bridgehead atoms. The maximum Gasteiger partial charge on any atom is 0.257 e. The van der Waals surface area contributed by atoms with E-state index in [4.69, 9.17) is 15.2 Å². The second-order valence-corrected chi connectivity index (χ2v) is 6.75. The molecule has 1 aliphatic rings. The maximum absolute atomic E-state index is 12.9. The lowest BCUT2D eigenvalue weighted by Gasteiger charge is -2.32. The molecule has 138 valence electrons. The highest BCUT2D eigenvalue weighted by Crippen LogP contribution is 2.28. The first-order valence-corrected chi connectivity index (χ1v) is 8.96. The van der Waals surface area contributed by atoms with Crippen molar-refractivity contribution in [2.75, 3.05) is 33.0 Å². The van der Waals surface area contributed by atoms with Gasteiger partial charge in [-0.2, -0.15) is 0 Å².